The summed E-state index contributed by atoms with van der Waals surface area (Å²) in [5.74, 6) is 0. The highest BCUT2D eigenvalue weighted by atomic mass is 31.2. The minimum atomic E-state index is -2.62. The molecule has 0 aliphatic rings. The van der Waals surface area contributed by atoms with Crippen LogP contribution in [0.1, 0.15) is 19.8 Å². The zero-order valence-electron chi connectivity index (χ0n) is 6.66. The Morgan fingerprint density at radius 2 is 1.50 bits per heavy atom. The molecule has 76 valence electrons. The Bertz CT molecular complexity index is 77.2. The summed E-state index contributed by atoms with van der Waals surface area (Å²) in [7, 11) is -4.73. The van der Waals surface area contributed by atoms with Gasteiger partial charge in [0, 0.05) is 0 Å². The van der Waals surface area contributed by atoms with Gasteiger partial charge in [-0.2, -0.15) is 0 Å². The van der Waals surface area contributed by atoms with E-state index in [-0.39, 0.29) is 0 Å². The van der Waals surface area contributed by atoms with Gasteiger partial charge < -0.3 is 29.0 Å². The van der Waals surface area contributed by atoms with Gasteiger partial charge in [0.1, 0.15) is 0 Å². The lowest BCUT2D eigenvalue weighted by atomic mass is 10.4. The fourth-order valence-electron chi connectivity index (χ4n) is 0.291. The third-order valence-electron chi connectivity index (χ3n) is 0.705. The Morgan fingerprint density at radius 3 is 1.75 bits per heavy atom. The van der Waals surface area contributed by atoms with Crippen LogP contribution >= 0.6 is 17.2 Å². The lowest BCUT2D eigenvalue weighted by Crippen LogP contribution is -1.86. The SMILES string of the molecule is CCCCOP(O)O.OP(O)O. The van der Waals surface area contributed by atoms with Crippen molar-refractivity contribution in [2.75, 3.05) is 6.61 Å². The minimum Gasteiger partial charge on any atom is -0.328 e. The molecular weight excluding hydrogens is 206 g/mol. The number of hydrogen-bond acceptors (Lipinski definition) is 6. The molecule has 0 atom stereocenters. The summed E-state index contributed by atoms with van der Waals surface area (Å²) in [4.78, 5) is 38.0. The van der Waals surface area contributed by atoms with Crippen LogP contribution in [-0.4, -0.2) is 31.1 Å². The van der Waals surface area contributed by atoms with Crippen molar-refractivity contribution >= 4 is 17.2 Å². The predicted molar refractivity (Wildman–Crippen MR) is 45.8 cm³/mol. The fourth-order valence-corrected chi connectivity index (χ4v) is 0.583. The van der Waals surface area contributed by atoms with Crippen molar-refractivity contribution in [1.29, 1.82) is 0 Å². The average molecular weight is 220 g/mol. The largest absolute Gasteiger partial charge is 0.328 e. The summed E-state index contributed by atoms with van der Waals surface area (Å²) in [6, 6.07) is 0. The van der Waals surface area contributed by atoms with E-state index in [0.29, 0.717) is 6.61 Å². The molecule has 0 aliphatic heterocycles. The molecule has 0 heterocycles. The van der Waals surface area contributed by atoms with Crippen molar-refractivity contribution in [1.82, 2.24) is 0 Å². The van der Waals surface area contributed by atoms with E-state index in [0.717, 1.165) is 12.8 Å². The molecule has 8 heteroatoms. The summed E-state index contributed by atoms with van der Waals surface area (Å²) in [5.41, 5.74) is 0. The first-order chi connectivity index (χ1) is 5.50. The quantitative estimate of drug-likeness (QED) is 0.342. The molecule has 5 N–H and O–H groups in total. The van der Waals surface area contributed by atoms with Gasteiger partial charge in [0.2, 0.25) is 0 Å². The van der Waals surface area contributed by atoms with Crippen molar-refractivity contribution < 1.29 is 29.0 Å². The predicted octanol–water partition coefficient (Wildman–Crippen LogP) is 0.205. The molecule has 0 aliphatic carbocycles. The van der Waals surface area contributed by atoms with E-state index in [1.54, 1.807) is 0 Å². The van der Waals surface area contributed by atoms with E-state index in [1.165, 1.54) is 0 Å². The molecule has 0 saturated heterocycles. The number of rotatable bonds is 4. The first-order valence-electron chi connectivity index (χ1n) is 3.18. The maximum atomic E-state index is 8.18. The number of unbranched alkanes of at least 4 members (excludes halogenated alkanes) is 1. The molecule has 0 rings (SSSR count). The highest BCUT2D eigenvalue weighted by Crippen LogP contribution is 2.23. The van der Waals surface area contributed by atoms with Crippen LogP contribution in [-0.2, 0) is 4.52 Å². The Balaban J connectivity index is 0. The van der Waals surface area contributed by atoms with E-state index in [9.17, 15) is 0 Å². The van der Waals surface area contributed by atoms with Crippen LogP contribution in [0.4, 0.5) is 0 Å². The van der Waals surface area contributed by atoms with Crippen LogP contribution in [0.25, 0.3) is 0 Å². The van der Waals surface area contributed by atoms with Gasteiger partial charge in [-0.25, -0.2) is 0 Å². The van der Waals surface area contributed by atoms with Crippen molar-refractivity contribution in [3.05, 3.63) is 0 Å². The monoisotopic (exact) mass is 220 g/mol. The van der Waals surface area contributed by atoms with Crippen LogP contribution in [0.2, 0.25) is 0 Å². The standard InChI is InChI=1S/C4H11O3P.H3O3P/c1-2-3-4-7-8(5)6;1-4(2)3/h5-6H,2-4H2,1H3;1-3H. The van der Waals surface area contributed by atoms with Crippen molar-refractivity contribution in [2.24, 2.45) is 0 Å². The molecule has 12 heavy (non-hydrogen) atoms. The van der Waals surface area contributed by atoms with E-state index in [1.807, 2.05) is 6.92 Å². The van der Waals surface area contributed by atoms with Crippen LogP contribution in [0.15, 0.2) is 0 Å². The van der Waals surface area contributed by atoms with Crippen molar-refractivity contribution in [3.8, 4) is 0 Å². The molecule has 0 aromatic heterocycles. The van der Waals surface area contributed by atoms with Crippen LogP contribution < -0.4 is 0 Å². The topological polar surface area (TPSA) is 110 Å². The zero-order chi connectivity index (χ0) is 9.98. The van der Waals surface area contributed by atoms with E-state index in [4.69, 9.17) is 24.5 Å². The zero-order valence-corrected chi connectivity index (χ0v) is 8.45. The maximum Gasteiger partial charge on any atom is 0.327 e. The third-order valence-corrected chi connectivity index (χ3v) is 1.12. The second-order valence-electron chi connectivity index (χ2n) is 1.71. The van der Waals surface area contributed by atoms with E-state index >= 15 is 0 Å². The molecule has 0 radical (unpaired) electrons. The maximum absolute atomic E-state index is 8.18. The van der Waals surface area contributed by atoms with Gasteiger partial charge in [0.05, 0.1) is 6.61 Å². The number of hydrogen-bond donors (Lipinski definition) is 5. The summed E-state index contributed by atoms with van der Waals surface area (Å²) >= 11 is 0. The first-order valence-corrected chi connectivity index (χ1v) is 5.54. The second kappa shape index (κ2) is 11.6. The summed E-state index contributed by atoms with van der Waals surface area (Å²) in [5, 5.41) is 0. The second-order valence-corrected chi connectivity index (χ2v) is 3.01. The Kier molecular flexibility index (Phi) is 14.6. The highest BCUT2D eigenvalue weighted by Gasteiger charge is 1.95. The summed E-state index contributed by atoms with van der Waals surface area (Å²) in [6.07, 6.45) is 1.91. The molecule has 0 unspecified atom stereocenters. The van der Waals surface area contributed by atoms with Crippen molar-refractivity contribution in [3.63, 3.8) is 0 Å². The average Bonchev–Trinajstić information content (AvgIpc) is 1.86. The fraction of sp³-hybridized carbons (Fsp3) is 1.00. The van der Waals surface area contributed by atoms with Crippen LogP contribution in [0.5, 0.6) is 0 Å². The van der Waals surface area contributed by atoms with Gasteiger partial charge in [-0.15, -0.1) is 0 Å². The molecule has 0 aromatic carbocycles. The van der Waals surface area contributed by atoms with Gasteiger partial charge in [0.25, 0.3) is 0 Å². The Morgan fingerprint density at radius 1 is 1.08 bits per heavy atom. The highest BCUT2D eigenvalue weighted by molar-refractivity contribution is 7.39. The molecule has 0 aromatic rings. The summed E-state index contributed by atoms with van der Waals surface area (Å²) in [6.45, 7) is 2.47. The van der Waals surface area contributed by atoms with Gasteiger partial charge in [-0.1, -0.05) is 13.3 Å². The third kappa shape index (κ3) is 31.1. The minimum absolute atomic E-state index is 0.454. The molecule has 6 nitrogen and oxygen atoms in total. The van der Waals surface area contributed by atoms with Gasteiger partial charge in [0.15, 0.2) is 0 Å². The van der Waals surface area contributed by atoms with E-state index in [2.05, 4.69) is 4.52 Å². The van der Waals surface area contributed by atoms with Gasteiger partial charge in [-0.05, 0) is 6.42 Å². The van der Waals surface area contributed by atoms with Crippen LogP contribution in [0.3, 0.4) is 0 Å². The lowest BCUT2D eigenvalue weighted by Gasteiger charge is -1.99. The van der Waals surface area contributed by atoms with E-state index < -0.39 is 17.2 Å². The first kappa shape index (κ1) is 15.1. The van der Waals surface area contributed by atoms with Gasteiger partial charge >= 0.3 is 17.2 Å². The smallest absolute Gasteiger partial charge is 0.327 e. The molecule has 0 spiro atoms. The normalized spacial score (nSPS) is 10.0. The van der Waals surface area contributed by atoms with Crippen LogP contribution in [0, 0.1) is 0 Å². The molecule has 0 saturated carbocycles. The molecule has 0 amide bonds. The Hall–Kier alpha value is 0.620. The molecule has 0 bridgehead atoms. The Labute approximate surface area is 73.4 Å². The van der Waals surface area contributed by atoms with Crippen molar-refractivity contribution in [2.45, 2.75) is 19.8 Å². The molecular formula is C4H14O6P2. The van der Waals surface area contributed by atoms with Gasteiger partial charge in [-0.3, -0.25) is 0 Å². The lowest BCUT2D eigenvalue weighted by molar-refractivity contribution is 0.251. The molecule has 0 fully saturated rings. The summed E-state index contributed by atoms with van der Waals surface area (Å²) < 4.78 is 4.46.